The van der Waals surface area contributed by atoms with Crippen LogP contribution in [0.25, 0.3) is 17.0 Å². The minimum Gasteiger partial charge on any atom is -0.326 e. The van der Waals surface area contributed by atoms with Crippen molar-refractivity contribution in [2.45, 2.75) is 25.3 Å². The van der Waals surface area contributed by atoms with Crippen molar-refractivity contribution >= 4 is 34.5 Å². The molecule has 1 saturated heterocycles. The first-order valence-electron chi connectivity index (χ1n) is 11.3. The molecular formula is C27H30N4O2. The number of hydrogen-bond donors (Lipinski definition) is 1. The molecule has 2 heterocycles. The van der Waals surface area contributed by atoms with Gasteiger partial charge < -0.3 is 15.1 Å². The molecule has 6 nitrogen and oxygen atoms in total. The first kappa shape index (κ1) is 22.7. The molecule has 0 unspecified atom stereocenters. The van der Waals surface area contributed by atoms with Crippen LogP contribution in [0.15, 0.2) is 72.4 Å². The van der Waals surface area contributed by atoms with Gasteiger partial charge in [0.2, 0.25) is 11.8 Å². The zero-order chi connectivity index (χ0) is 23.2. The predicted molar refractivity (Wildman–Crippen MR) is 133 cm³/mol. The number of likely N-dealkylation sites (tertiary alicyclic amines) is 1. The Bertz CT molecular complexity index is 1160. The summed E-state index contributed by atoms with van der Waals surface area (Å²) in [5.41, 5.74) is 3.75. The van der Waals surface area contributed by atoms with Crippen molar-refractivity contribution in [1.82, 2.24) is 14.8 Å². The summed E-state index contributed by atoms with van der Waals surface area (Å²) in [6.45, 7) is 1.32. The maximum Gasteiger partial charge on any atom is 0.247 e. The first-order valence-corrected chi connectivity index (χ1v) is 11.3. The van der Waals surface area contributed by atoms with Gasteiger partial charge in [0.15, 0.2) is 0 Å². The van der Waals surface area contributed by atoms with Crippen molar-refractivity contribution in [2.75, 3.05) is 32.5 Å². The number of anilines is 1. The lowest BCUT2D eigenvalue weighted by Crippen LogP contribution is -2.43. The van der Waals surface area contributed by atoms with E-state index in [1.165, 1.54) is 0 Å². The van der Waals surface area contributed by atoms with Gasteiger partial charge in [0.05, 0.1) is 5.52 Å². The molecule has 2 amide bonds. The molecule has 1 aliphatic heterocycles. The number of nitrogens with zero attached hydrogens (tertiary/aromatic N) is 3. The molecule has 0 spiro atoms. The fourth-order valence-electron chi connectivity index (χ4n) is 4.21. The number of carbonyl (C=O) groups excluding carboxylic acids is 2. The van der Waals surface area contributed by atoms with E-state index in [4.69, 9.17) is 0 Å². The van der Waals surface area contributed by atoms with Crippen molar-refractivity contribution in [2.24, 2.45) is 0 Å². The molecule has 33 heavy (non-hydrogen) atoms. The van der Waals surface area contributed by atoms with E-state index in [-0.39, 0.29) is 11.8 Å². The average molecular weight is 443 g/mol. The van der Waals surface area contributed by atoms with Gasteiger partial charge >= 0.3 is 0 Å². The van der Waals surface area contributed by atoms with Gasteiger partial charge in [-0.1, -0.05) is 42.5 Å². The van der Waals surface area contributed by atoms with Gasteiger partial charge in [-0.3, -0.25) is 14.6 Å². The van der Waals surface area contributed by atoms with Crippen LogP contribution in [0, 0.1) is 0 Å². The van der Waals surface area contributed by atoms with Crippen LogP contribution in [0.4, 0.5) is 5.69 Å². The Morgan fingerprint density at radius 3 is 2.73 bits per heavy atom. The number of rotatable bonds is 7. The van der Waals surface area contributed by atoms with E-state index >= 15 is 0 Å². The quantitative estimate of drug-likeness (QED) is 0.596. The van der Waals surface area contributed by atoms with E-state index < -0.39 is 6.04 Å². The highest BCUT2D eigenvalue weighted by Gasteiger charge is 2.36. The minimum absolute atomic E-state index is 0.0242. The molecule has 6 heteroatoms. The molecule has 0 aliphatic carbocycles. The molecule has 0 bridgehead atoms. The second-order valence-corrected chi connectivity index (χ2v) is 8.76. The Labute approximate surface area is 194 Å². The molecule has 1 atom stereocenters. The molecule has 3 aromatic rings. The molecule has 1 aliphatic rings. The van der Waals surface area contributed by atoms with Crippen LogP contribution >= 0.6 is 0 Å². The molecule has 4 rings (SSSR count). The number of carbonyl (C=O) groups is 2. The second-order valence-electron chi connectivity index (χ2n) is 8.76. The summed E-state index contributed by atoms with van der Waals surface area (Å²) in [5.74, 6) is -0.133. The third-order valence-electron chi connectivity index (χ3n) is 5.87. The number of fused-ring (bicyclic) bond motifs is 1. The smallest absolute Gasteiger partial charge is 0.247 e. The molecule has 0 saturated carbocycles. The molecule has 1 N–H and O–H groups in total. The lowest BCUT2D eigenvalue weighted by Gasteiger charge is -2.24. The average Bonchev–Trinajstić information content (AvgIpc) is 3.23. The van der Waals surface area contributed by atoms with Crippen LogP contribution in [0.3, 0.4) is 0 Å². The Morgan fingerprint density at radius 1 is 1.12 bits per heavy atom. The van der Waals surface area contributed by atoms with Crippen LogP contribution in [-0.4, -0.2) is 59.8 Å². The summed E-state index contributed by atoms with van der Waals surface area (Å²) < 4.78 is 0. The Hall–Kier alpha value is -3.51. The molecule has 1 fully saturated rings. The van der Waals surface area contributed by atoms with E-state index in [1.54, 1.807) is 11.1 Å². The molecule has 2 aromatic carbocycles. The zero-order valence-electron chi connectivity index (χ0n) is 19.2. The van der Waals surface area contributed by atoms with Gasteiger partial charge in [0.1, 0.15) is 6.04 Å². The monoisotopic (exact) mass is 442 g/mol. The van der Waals surface area contributed by atoms with E-state index in [9.17, 15) is 9.59 Å². The van der Waals surface area contributed by atoms with Crippen molar-refractivity contribution < 1.29 is 9.59 Å². The zero-order valence-corrected chi connectivity index (χ0v) is 19.2. The van der Waals surface area contributed by atoms with Crippen molar-refractivity contribution in [3.8, 4) is 0 Å². The van der Waals surface area contributed by atoms with Gasteiger partial charge in [0, 0.05) is 30.2 Å². The third-order valence-corrected chi connectivity index (χ3v) is 5.87. The van der Waals surface area contributed by atoms with Gasteiger partial charge in [0.25, 0.3) is 0 Å². The van der Waals surface area contributed by atoms with Gasteiger partial charge in [-0.2, -0.15) is 0 Å². The van der Waals surface area contributed by atoms with Crippen molar-refractivity contribution in [3.63, 3.8) is 0 Å². The van der Waals surface area contributed by atoms with E-state index in [1.807, 2.05) is 74.8 Å². The lowest BCUT2D eigenvalue weighted by molar-refractivity contribution is -0.136. The van der Waals surface area contributed by atoms with Gasteiger partial charge in [-0.25, -0.2) is 0 Å². The summed E-state index contributed by atoms with van der Waals surface area (Å²) in [6.07, 6.45) is 5.58. The Morgan fingerprint density at radius 2 is 1.94 bits per heavy atom. The van der Waals surface area contributed by atoms with Crippen molar-refractivity contribution in [3.05, 3.63) is 78.0 Å². The number of nitrogens with one attached hydrogen (secondary N) is 1. The first-order chi connectivity index (χ1) is 16.0. The Kier molecular flexibility index (Phi) is 7.15. The topological polar surface area (TPSA) is 65.5 Å². The fourth-order valence-corrected chi connectivity index (χ4v) is 4.21. The highest BCUT2D eigenvalue weighted by molar-refractivity contribution is 5.99. The molecule has 0 radical (unpaired) electrons. The highest BCUT2D eigenvalue weighted by atomic mass is 16.2. The third kappa shape index (κ3) is 5.84. The van der Waals surface area contributed by atoms with Gasteiger partial charge in [-0.05, 0) is 68.9 Å². The summed E-state index contributed by atoms with van der Waals surface area (Å²) in [5, 5.41) is 3.98. The van der Waals surface area contributed by atoms with Crippen LogP contribution < -0.4 is 5.32 Å². The number of benzene rings is 2. The predicted octanol–water partition coefficient (Wildman–Crippen LogP) is 4.20. The number of amides is 2. The summed E-state index contributed by atoms with van der Waals surface area (Å²) in [6, 6.07) is 19.0. The largest absolute Gasteiger partial charge is 0.326 e. The molecular weight excluding hydrogens is 412 g/mol. The fraction of sp³-hybridized carbons (Fsp3) is 0.296. The van der Waals surface area contributed by atoms with E-state index in [0.717, 1.165) is 35.0 Å². The van der Waals surface area contributed by atoms with Crippen LogP contribution in [0.5, 0.6) is 0 Å². The Balaban J connectivity index is 1.52. The number of hydrogen-bond acceptors (Lipinski definition) is 4. The summed E-state index contributed by atoms with van der Waals surface area (Å²) in [7, 11) is 3.99. The van der Waals surface area contributed by atoms with Gasteiger partial charge in [-0.15, -0.1) is 0 Å². The van der Waals surface area contributed by atoms with Crippen LogP contribution in [0.2, 0.25) is 0 Å². The SMILES string of the molecule is CN(C)CCCC(=O)N1C/C(=C/c2ccccc2)C[C@H]1C(=O)Nc1ccc2ncccc2c1. The minimum atomic E-state index is -0.517. The van der Waals surface area contributed by atoms with E-state index in [0.29, 0.717) is 25.1 Å². The maximum atomic E-state index is 13.3. The standard InChI is InChI=1S/C27H30N4O2/c1-30(2)15-7-11-26(32)31-19-21(16-20-8-4-3-5-9-20)17-25(31)27(33)29-23-12-13-24-22(18-23)10-6-14-28-24/h3-6,8-10,12-14,16,18,25H,7,11,15,17,19H2,1-2H3,(H,29,33)/b21-16+/t25-/m0/s1. The van der Waals surface area contributed by atoms with Crippen LogP contribution in [-0.2, 0) is 9.59 Å². The lowest BCUT2D eigenvalue weighted by atomic mass is 10.1. The van der Waals surface area contributed by atoms with E-state index in [2.05, 4.69) is 21.3 Å². The van der Waals surface area contributed by atoms with Crippen molar-refractivity contribution in [1.29, 1.82) is 0 Å². The highest BCUT2D eigenvalue weighted by Crippen LogP contribution is 2.27. The molecule has 170 valence electrons. The maximum absolute atomic E-state index is 13.3. The summed E-state index contributed by atoms with van der Waals surface area (Å²) >= 11 is 0. The number of aromatic nitrogens is 1. The van der Waals surface area contributed by atoms with Crippen LogP contribution in [0.1, 0.15) is 24.8 Å². The normalized spacial score (nSPS) is 17.1. The summed E-state index contributed by atoms with van der Waals surface area (Å²) in [4.78, 5) is 34.5. The second kappa shape index (κ2) is 10.4. The number of pyridine rings is 1. The molecule has 1 aromatic heterocycles.